The van der Waals surface area contributed by atoms with Crippen molar-refractivity contribution in [1.82, 2.24) is 4.90 Å². The Morgan fingerprint density at radius 2 is 2.43 bits per heavy atom. The summed E-state index contributed by atoms with van der Waals surface area (Å²) in [6.07, 6.45) is 2.39. The van der Waals surface area contributed by atoms with Crippen molar-refractivity contribution in [3.8, 4) is 0 Å². The first kappa shape index (κ1) is 11.5. The van der Waals surface area contributed by atoms with Gasteiger partial charge < -0.3 is 15.4 Å². The van der Waals surface area contributed by atoms with E-state index in [1.807, 2.05) is 11.8 Å². The monoisotopic (exact) mass is 200 g/mol. The van der Waals surface area contributed by atoms with Gasteiger partial charge in [-0.25, -0.2) is 0 Å². The SMILES string of the molecule is CCCC(=O)N1CCOCC1CCN. The number of amides is 1. The van der Waals surface area contributed by atoms with Crippen LogP contribution in [0, 0.1) is 0 Å². The van der Waals surface area contributed by atoms with E-state index in [9.17, 15) is 4.79 Å². The second kappa shape index (κ2) is 5.98. The molecule has 0 radical (unpaired) electrons. The van der Waals surface area contributed by atoms with Crippen LogP contribution in [0.25, 0.3) is 0 Å². The van der Waals surface area contributed by atoms with Crippen molar-refractivity contribution in [3.63, 3.8) is 0 Å². The van der Waals surface area contributed by atoms with Crippen LogP contribution in [0.15, 0.2) is 0 Å². The van der Waals surface area contributed by atoms with E-state index in [1.54, 1.807) is 0 Å². The second-order valence-electron chi connectivity index (χ2n) is 3.64. The van der Waals surface area contributed by atoms with Crippen LogP contribution in [0.2, 0.25) is 0 Å². The summed E-state index contributed by atoms with van der Waals surface area (Å²) >= 11 is 0. The zero-order valence-electron chi connectivity index (χ0n) is 8.87. The first-order valence-electron chi connectivity index (χ1n) is 5.36. The third kappa shape index (κ3) is 2.96. The Bertz CT molecular complexity index is 183. The fourth-order valence-corrected chi connectivity index (χ4v) is 1.77. The Morgan fingerprint density at radius 3 is 3.07 bits per heavy atom. The van der Waals surface area contributed by atoms with Gasteiger partial charge in [-0.05, 0) is 19.4 Å². The Morgan fingerprint density at radius 1 is 1.64 bits per heavy atom. The smallest absolute Gasteiger partial charge is 0.222 e. The predicted octanol–water partition coefficient (Wildman–Crippen LogP) is 0.363. The van der Waals surface area contributed by atoms with E-state index in [0.29, 0.717) is 26.2 Å². The van der Waals surface area contributed by atoms with Crippen LogP contribution >= 0.6 is 0 Å². The molecule has 1 amide bonds. The molecule has 1 fully saturated rings. The minimum Gasteiger partial charge on any atom is -0.377 e. The molecular weight excluding hydrogens is 180 g/mol. The average molecular weight is 200 g/mol. The van der Waals surface area contributed by atoms with Crippen LogP contribution in [0.1, 0.15) is 26.2 Å². The van der Waals surface area contributed by atoms with Gasteiger partial charge in [-0.1, -0.05) is 6.92 Å². The highest BCUT2D eigenvalue weighted by Crippen LogP contribution is 2.12. The summed E-state index contributed by atoms with van der Waals surface area (Å²) in [5, 5.41) is 0. The molecular formula is C10H20N2O2. The first-order valence-corrected chi connectivity index (χ1v) is 5.36. The van der Waals surface area contributed by atoms with Gasteiger partial charge in [0.2, 0.25) is 5.91 Å². The lowest BCUT2D eigenvalue weighted by Gasteiger charge is -2.35. The highest BCUT2D eigenvalue weighted by atomic mass is 16.5. The molecule has 0 aliphatic carbocycles. The van der Waals surface area contributed by atoms with Gasteiger partial charge in [0.1, 0.15) is 0 Å². The Balaban J connectivity index is 2.48. The number of rotatable bonds is 4. The lowest BCUT2D eigenvalue weighted by molar-refractivity contribution is -0.140. The van der Waals surface area contributed by atoms with Crippen molar-refractivity contribution < 1.29 is 9.53 Å². The number of nitrogens with two attached hydrogens (primary N) is 1. The third-order valence-corrected chi connectivity index (χ3v) is 2.51. The van der Waals surface area contributed by atoms with E-state index in [0.717, 1.165) is 19.4 Å². The Kier molecular flexibility index (Phi) is 4.90. The maximum absolute atomic E-state index is 11.7. The van der Waals surface area contributed by atoms with Crippen molar-refractivity contribution in [2.75, 3.05) is 26.3 Å². The molecule has 0 bridgehead atoms. The molecule has 0 spiro atoms. The molecule has 0 aromatic carbocycles. The molecule has 0 saturated carbocycles. The lowest BCUT2D eigenvalue weighted by Crippen LogP contribution is -2.49. The van der Waals surface area contributed by atoms with Crippen LogP contribution < -0.4 is 5.73 Å². The number of hydrogen-bond donors (Lipinski definition) is 1. The van der Waals surface area contributed by atoms with E-state index in [1.165, 1.54) is 0 Å². The van der Waals surface area contributed by atoms with E-state index >= 15 is 0 Å². The topological polar surface area (TPSA) is 55.6 Å². The third-order valence-electron chi connectivity index (χ3n) is 2.51. The molecule has 1 heterocycles. The molecule has 14 heavy (non-hydrogen) atoms. The van der Waals surface area contributed by atoms with Crippen molar-refractivity contribution in [1.29, 1.82) is 0 Å². The number of carbonyl (C=O) groups is 1. The van der Waals surface area contributed by atoms with Gasteiger partial charge in [0.05, 0.1) is 19.3 Å². The highest BCUT2D eigenvalue weighted by Gasteiger charge is 2.25. The molecule has 4 nitrogen and oxygen atoms in total. The molecule has 0 aromatic heterocycles. The number of hydrogen-bond acceptors (Lipinski definition) is 3. The summed E-state index contributed by atoms with van der Waals surface area (Å²) in [5.41, 5.74) is 5.50. The summed E-state index contributed by atoms with van der Waals surface area (Å²) in [6, 6.07) is 0.202. The zero-order chi connectivity index (χ0) is 10.4. The molecule has 1 aliphatic heterocycles. The van der Waals surface area contributed by atoms with Gasteiger partial charge in [0.15, 0.2) is 0 Å². The molecule has 4 heteroatoms. The molecule has 1 unspecified atom stereocenters. The lowest BCUT2D eigenvalue weighted by atomic mass is 10.1. The van der Waals surface area contributed by atoms with Gasteiger partial charge in [0.25, 0.3) is 0 Å². The fraction of sp³-hybridized carbons (Fsp3) is 0.900. The van der Waals surface area contributed by atoms with Crippen molar-refractivity contribution in [2.45, 2.75) is 32.2 Å². The van der Waals surface area contributed by atoms with Gasteiger partial charge in [0, 0.05) is 13.0 Å². The van der Waals surface area contributed by atoms with Gasteiger partial charge in [-0.3, -0.25) is 4.79 Å². The second-order valence-corrected chi connectivity index (χ2v) is 3.64. The summed E-state index contributed by atoms with van der Waals surface area (Å²) in [6.45, 7) is 4.67. The molecule has 0 aromatic rings. The molecule has 1 atom stereocenters. The average Bonchev–Trinajstić information content (AvgIpc) is 2.19. The number of ether oxygens (including phenoxy) is 1. The van der Waals surface area contributed by atoms with Crippen LogP contribution in [0.5, 0.6) is 0 Å². The maximum atomic E-state index is 11.7. The van der Waals surface area contributed by atoms with Crippen LogP contribution in [0.4, 0.5) is 0 Å². The summed E-state index contributed by atoms with van der Waals surface area (Å²) < 4.78 is 5.34. The summed E-state index contributed by atoms with van der Waals surface area (Å²) in [7, 11) is 0. The molecule has 1 aliphatic rings. The largest absolute Gasteiger partial charge is 0.377 e. The first-order chi connectivity index (χ1) is 6.79. The fourth-order valence-electron chi connectivity index (χ4n) is 1.77. The van der Waals surface area contributed by atoms with E-state index in [-0.39, 0.29) is 11.9 Å². The van der Waals surface area contributed by atoms with Gasteiger partial charge in [-0.2, -0.15) is 0 Å². The van der Waals surface area contributed by atoms with E-state index in [2.05, 4.69) is 0 Å². The quantitative estimate of drug-likeness (QED) is 0.713. The number of carbonyl (C=O) groups excluding carboxylic acids is 1. The van der Waals surface area contributed by atoms with Crippen molar-refractivity contribution in [3.05, 3.63) is 0 Å². The highest BCUT2D eigenvalue weighted by molar-refractivity contribution is 5.76. The van der Waals surface area contributed by atoms with Gasteiger partial charge in [-0.15, -0.1) is 0 Å². The standard InChI is InChI=1S/C10H20N2O2/c1-2-3-10(13)12-6-7-14-8-9(12)4-5-11/h9H,2-8,11H2,1H3. The van der Waals surface area contributed by atoms with Gasteiger partial charge >= 0.3 is 0 Å². The van der Waals surface area contributed by atoms with E-state index in [4.69, 9.17) is 10.5 Å². The zero-order valence-corrected chi connectivity index (χ0v) is 8.87. The number of morpholine rings is 1. The van der Waals surface area contributed by atoms with Crippen LogP contribution in [-0.4, -0.2) is 43.2 Å². The molecule has 1 saturated heterocycles. The normalized spacial score (nSPS) is 22.4. The van der Waals surface area contributed by atoms with E-state index < -0.39 is 0 Å². The minimum atomic E-state index is 0.202. The summed E-state index contributed by atoms with van der Waals surface area (Å²) in [5.74, 6) is 0.245. The molecule has 1 rings (SSSR count). The Hall–Kier alpha value is -0.610. The minimum absolute atomic E-state index is 0.202. The van der Waals surface area contributed by atoms with Crippen molar-refractivity contribution in [2.24, 2.45) is 5.73 Å². The molecule has 82 valence electrons. The molecule has 2 N–H and O–H groups in total. The number of nitrogens with zero attached hydrogens (tertiary/aromatic N) is 1. The Labute approximate surface area is 85.4 Å². The van der Waals surface area contributed by atoms with Crippen molar-refractivity contribution >= 4 is 5.91 Å². The van der Waals surface area contributed by atoms with Crippen LogP contribution in [-0.2, 0) is 9.53 Å². The summed E-state index contributed by atoms with van der Waals surface area (Å²) in [4.78, 5) is 13.6. The van der Waals surface area contributed by atoms with Crippen LogP contribution in [0.3, 0.4) is 0 Å². The predicted molar refractivity (Wildman–Crippen MR) is 54.9 cm³/mol. The maximum Gasteiger partial charge on any atom is 0.222 e.